The van der Waals surface area contributed by atoms with Crippen LogP contribution in [-0.2, 0) is 11.0 Å². The second-order valence-corrected chi connectivity index (χ2v) is 5.41. The van der Waals surface area contributed by atoms with Crippen molar-refractivity contribution in [3.8, 4) is 6.07 Å². The average molecular weight is 362 g/mol. The molecule has 2 rings (SSSR count). The van der Waals surface area contributed by atoms with Gasteiger partial charge in [-0.1, -0.05) is 24.3 Å². The number of nitrogens with zero attached hydrogens (tertiary/aromatic N) is 1. The van der Waals surface area contributed by atoms with E-state index in [0.717, 1.165) is 18.2 Å². The topological polar surface area (TPSA) is 52.9 Å². The van der Waals surface area contributed by atoms with Gasteiger partial charge in [0.1, 0.15) is 6.67 Å². The van der Waals surface area contributed by atoms with Crippen molar-refractivity contribution in [3.05, 3.63) is 76.9 Å². The SMILES string of the molecule is N#Cc1ccc(/C=C/C(=O)NC(CF)c2cccc(C(F)(F)F)c2)cc1. The zero-order chi connectivity index (χ0) is 19.2. The zero-order valence-corrected chi connectivity index (χ0v) is 13.4. The molecule has 0 radical (unpaired) electrons. The maximum atomic E-state index is 13.2. The third kappa shape index (κ3) is 5.18. The highest BCUT2D eigenvalue weighted by Crippen LogP contribution is 2.30. The first-order valence-corrected chi connectivity index (χ1v) is 7.55. The number of hydrogen-bond acceptors (Lipinski definition) is 2. The summed E-state index contributed by atoms with van der Waals surface area (Å²) in [5.41, 5.74) is 0.238. The molecule has 1 amide bonds. The monoisotopic (exact) mass is 362 g/mol. The van der Waals surface area contributed by atoms with Crippen molar-refractivity contribution >= 4 is 12.0 Å². The van der Waals surface area contributed by atoms with Gasteiger partial charge in [0.2, 0.25) is 5.91 Å². The lowest BCUT2D eigenvalue weighted by atomic mass is 10.0. The number of benzene rings is 2. The molecule has 0 aliphatic carbocycles. The van der Waals surface area contributed by atoms with Gasteiger partial charge in [0.25, 0.3) is 0 Å². The first-order chi connectivity index (χ1) is 12.3. The summed E-state index contributed by atoms with van der Waals surface area (Å²) in [6.07, 6.45) is -1.94. The average Bonchev–Trinajstić information content (AvgIpc) is 2.64. The van der Waals surface area contributed by atoms with Crippen molar-refractivity contribution in [2.24, 2.45) is 0 Å². The number of carbonyl (C=O) groups is 1. The van der Waals surface area contributed by atoms with Crippen molar-refractivity contribution in [1.82, 2.24) is 5.32 Å². The summed E-state index contributed by atoms with van der Waals surface area (Å²) >= 11 is 0. The highest BCUT2D eigenvalue weighted by molar-refractivity contribution is 5.92. The molecule has 1 atom stereocenters. The van der Waals surface area contributed by atoms with Crippen molar-refractivity contribution in [2.45, 2.75) is 12.2 Å². The van der Waals surface area contributed by atoms with E-state index in [1.807, 2.05) is 6.07 Å². The van der Waals surface area contributed by atoms with Gasteiger partial charge in [0.15, 0.2) is 0 Å². The Balaban J connectivity index is 2.08. The quantitative estimate of drug-likeness (QED) is 0.632. The Morgan fingerprint density at radius 2 is 1.88 bits per heavy atom. The Morgan fingerprint density at radius 1 is 1.19 bits per heavy atom. The molecule has 134 valence electrons. The Hall–Kier alpha value is -3.14. The van der Waals surface area contributed by atoms with Crippen LogP contribution in [0.4, 0.5) is 17.6 Å². The van der Waals surface area contributed by atoms with E-state index < -0.39 is 30.4 Å². The van der Waals surface area contributed by atoms with Crippen LogP contribution in [0, 0.1) is 11.3 Å². The van der Waals surface area contributed by atoms with Crippen molar-refractivity contribution < 1.29 is 22.4 Å². The van der Waals surface area contributed by atoms with E-state index in [-0.39, 0.29) is 5.56 Å². The van der Waals surface area contributed by atoms with Crippen LogP contribution in [0.25, 0.3) is 6.08 Å². The molecule has 0 saturated heterocycles. The predicted molar refractivity (Wildman–Crippen MR) is 88.5 cm³/mol. The maximum absolute atomic E-state index is 13.2. The zero-order valence-electron chi connectivity index (χ0n) is 13.4. The van der Waals surface area contributed by atoms with Gasteiger partial charge in [0.05, 0.1) is 23.2 Å². The summed E-state index contributed by atoms with van der Waals surface area (Å²) in [6, 6.07) is 11.4. The largest absolute Gasteiger partial charge is 0.416 e. The predicted octanol–water partition coefficient (Wildman–Crippen LogP) is 4.42. The molecule has 1 N–H and O–H groups in total. The molecule has 3 nitrogen and oxygen atoms in total. The molecular weight excluding hydrogens is 348 g/mol. The molecule has 0 aromatic heterocycles. The summed E-state index contributed by atoms with van der Waals surface area (Å²) in [4.78, 5) is 11.9. The number of carbonyl (C=O) groups excluding carboxylic acids is 1. The Bertz CT molecular complexity index is 836. The van der Waals surface area contributed by atoms with Crippen LogP contribution in [0.2, 0.25) is 0 Å². The first kappa shape index (κ1) is 19.2. The lowest BCUT2D eigenvalue weighted by molar-refractivity contribution is -0.137. The van der Waals surface area contributed by atoms with Gasteiger partial charge in [-0.2, -0.15) is 18.4 Å². The van der Waals surface area contributed by atoms with E-state index in [1.54, 1.807) is 24.3 Å². The summed E-state index contributed by atoms with van der Waals surface area (Å²) in [5, 5.41) is 11.0. The summed E-state index contributed by atoms with van der Waals surface area (Å²) < 4.78 is 51.5. The Labute approximate surface area is 147 Å². The molecule has 0 aliphatic rings. The molecule has 26 heavy (non-hydrogen) atoms. The first-order valence-electron chi connectivity index (χ1n) is 7.55. The van der Waals surface area contributed by atoms with E-state index in [4.69, 9.17) is 5.26 Å². The molecule has 1 unspecified atom stereocenters. The van der Waals surface area contributed by atoms with E-state index in [1.165, 1.54) is 18.2 Å². The highest BCUT2D eigenvalue weighted by Gasteiger charge is 2.31. The van der Waals surface area contributed by atoms with Crippen LogP contribution in [-0.4, -0.2) is 12.6 Å². The van der Waals surface area contributed by atoms with Gasteiger partial charge in [-0.3, -0.25) is 4.79 Å². The smallest absolute Gasteiger partial charge is 0.343 e. The van der Waals surface area contributed by atoms with Crippen LogP contribution < -0.4 is 5.32 Å². The number of alkyl halides is 4. The molecule has 0 heterocycles. The fourth-order valence-corrected chi connectivity index (χ4v) is 2.20. The molecule has 2 aromatic rings. The fraction of sp³-hybridized carbons (Fsp3) is 0.158. The van der Waals surface area contributed by atoms with Gasteiger partial charge in [-0.05, 0) is 41.5 Å². The molecule has 0 aliphatic heterocycles. The molecule has 0 bridgehead atoms. The number of nitrogens with one attached hydrogen (secondary N) is 1. The van der Waals surface area contributed by atoms with Crippen LogP contribution in [0.1, 0.15) is 28.3 Å². The minimum Gasteiger partial charge on any atom is -0.343 e. The lowest BCUT2D eigenvalue weighted by Crippen LogP contribution is -2.28. The van der Waals surface area contributed by atoms with Crippen LogP contribution in [0.3, 0.4) is 0 Å². The third-order valence-electron chi connectivity index (χ3n) is 3.55. The normalized spacial score (nSPS) is 12.6. The molecule has 2 aromatic carbocycles. The van der Waals surface area contributed by atoms with Crippen molar-refractivity contribution in [1.29, 1.82) is 5.26 Å². The minimum atomic E-state index is -4.55. The molecule has 0 fully saturated rings. The Morgan fingerprint density at radius 3 is 2.46 bits per heavy atom. The molecule has 7 heteroatoms. The van der Waals surface area contributed by atoms with E-state index in [9.17, 15) is 22.4 Å². The summed E-state index contributed by atoms with van der Waals surface area (Å²) in [5.74, 6) is -0.644. The second-order valence-electron chi connectivity index (χ2n) is 5.41. The molecule has 0 spiro atoms. The van der Waals surface area contributed by atoms with Crippen molar-refractivity contribution in [3.63, 3.8) is 0 Å². The van der Waals surface area contributed by atoms with Crippen LogP contribution in [0.15, 0.2) is 54.6 Å². The number of halogens is 4. The third-order valence-corrected chi connectivity index (χ3v) is 3.55. The fourth-order valence-electron chi connectivity index (χ4n) is 2.20. The van der Waals surface area contributed by atoms with Gasteiger partial charge < -0.3 is 5.32 Å². The van der Waals surface area contributed by atoms with E-state index in [0.29, 0.717) is 11.1 Å². The summed E-state index contributed by atoms with van der Waals surface area (Å²) in [6.45, 7) is -1.04. The van der Waals surface area contributed by atoms with Crippen LogP contribution >= 0.6 is 0 Å². The molecular formula is C19H14F4N2O. The second kappa shape index (κ2) is 8.30. The Kier molecular flexibility index (Phi) is 6.12. The van der Waals surface area contributed by atoms with Gasteiger partial charge in [-0.25, -0.2) is 4.39 Å². The number of amides is 1. The van der Waals surface area contributed by atoms with Crippen molar-refractivity contribution in [2.75, 3.05) is 6.67 Å². The summed E-state index contributed by atoms with van der Waals surface area (Å²) in [7, 11) is 0. The van der Waals surface area contributed by atoms with Gasteiger partial charge >= 0.3 is 6.18 Å². The van der Waals surface area contributed by atoms with Gasteiger partial charge in [-0.15, -0.1) is 0 Å². The molecule has 0 saturated carbocycles. The number of rotatable bonds is 5. The standard InChI is InChI=1S/C19H14F4N2O/c20-11-17(15-2-1-3-16(10-15)19(21,22)23)25-18(26)9-8-13-4-6-14(12-24)7-5-13/h1-10,17H,11H2,(H,25,26)/b9-8+. The lowest BCUT2D eigenvalue weighted by Gasteiger charge is -2.16. The van der Waals surface area contributed by atoms with E-state index in [2.05, 4.69) is 5.32 Å². The van der Waals surface area contributed by atoms with Gasteiger partial charge in [0, 0.05) is 6.08 Å². The maximum Gasteiger partial charge on any atom is 0.416 e. The van der Waals surface area contributed by atoms with E-state index >= 15 is 0 Å². The highest BCUT2D eigenvalue weighted by atomic mass is 19.4. The van der Waals surface area contributed by atoms with Crippen LogP contribution in [0.5, 0.6) is 0 Å². The number of hydrogen-bond donors (Lipinski definition) is 1. The number of nitriles is 1. The minimum absolute atomic E-state index is 0.0300.